The van der Waals surface area contributed by atoms with Gasteiger partial charge in [0.25, 0.3) is 6.43 Å². The van der Waals surface area contributed by atoms with Crippen LogP contribution < -0.4 is 0 Å². The van der Waals surface area contributed by atoms with Crippen molar-refractivity contribution in [1.82, 2.24) is 4.98 Å². The van der Waals surface area contributed by atoms with E-state index >= 15 is 0 Å². The molecule has 0 saturated heterocycles. The maximum atomic E-state index is 12.6. The normalized spacial score (nSPS) is 10.2. The predicted molar refractivity (Wildman–Crippen MR) is 50.0 cm³/mol. The quantitative estimate of drug-likeness (QED) is 0.853. The van der Waals surface area contributed by atoms with Gasteiger partial charge in [-0.05, 0) is 18.6 Å². The van der Waals surface area contributed by atoms with Gasteiger partial charge in [-0.2, -0.15) is 5.26 Å². The molecule has 0 radical (unpaired) electrons. The van der Waals surface area contributed by atoms with Crippen LogP contribution >= 0.6 is 0 Å². The number of alkyl halides is 2. The van der Waals surface area contributed by atoms with Gasteiger partial charge in [-0.1, -0.05) is 0 Å². The van der Waals surface area contributed by atoms with Crippen LogP contribution in [0.3, 0.4) is 0 Å². The monoisotopic (exact) mass is 226 g/mol. The summed E-state index contributed by atoms with van der Waals surface area (Å²) in [6, 6.07) is 2.83. The van der Waals surface area contributed by atoms with E-state index in [0.29, 0.717) is 5.56 Å². The maximum absolute atomic E-state index is 12.6. The van der Waals surface area contributed by atoms with Gasteiger partial charge >= 0.3 is 5.97 Å². The minimum Gasteiger partial charge on any atom is -0.481 e. The molecule has 0 aliphatic carbocycles. The molecule has 0 spiro atoms. The maximum Gasteiger partial charge on any atom is 0.309 e. The third-order valence-electron chi connectivity index (χ3n) is 1.99. The van der Waals surface area contributed by atoms with Gasteiger partial charge in [-0.15, -0.1) is 0 Å². The van der Waals surface area contributed by atoms with Crippen LogP contribution in [-0.4, -0.2) is 16.1 Å². The first-order valence-corrected chi connectivity index (χ1v) is 4.36. The van der Waals surface area contributed by atoms with Gasteiger partial charge in [0.05, 0.1) is 12.1 Å². The SMILES string of the molecule is Cc1cc(C(F)F)c(CC(=O)O)nc1C#N. The lowest BCUT2D eigenvalue weighted by atomic mass is 10.1. The van der Waals surface area contributed by atoms with Crippen LogP contribution in [0.5, 0.6) is 0 Å². The summed E-state index contributed by atoms with van der Waals surface area (Å²) in [5.74, 6) is -1.26. The zero-order valence-corrected chi connectivity index (χ0v) is 8.37. The highest BCUT2D eigenvalue weighted by atomic mass is 19.3. The number of hydrogen-bond donors (Lipinski definition) is 1. The summed E-state index contributed by atoms with van der Waals surface area (Å²) in [7, 11) is 0. The van der Waals surface area contributed by atoms with E-state index in [9.17, 15) is 13.6 Å². The van der Waals surface area contributed by atoms with E-state index in [1.807, 2.05) is 0 Å². The molecule has 0 aliphatic rings. The van der Waals surface area contributed by atoms with Crippen molar-refractivity contribution in [2.24, 2.45) is 0 Å². The molecule has 0 atom stereocenters. The van der Waals surface area contributed by atoms with Crippen molar-refractivity contribution in [1.29, 1.82) is 5.26 Å². The Balaban J connectivity index is 3.32. The molecule has 1 aromatic rings. The fourth-order valence-corrected chi connectivity index (χ4v) is 1.26. The Hall–Kier alpha value is -2.03. The van der Waals surface area contributed by atoms with E-state index in [1.165, 1.54) is 6.92 Å². The molecule has 0 fully saturated rings. The van der Waals surface area contributed by atoms with Crippen LogP contribution in [0.1, 0.15) is 28.9 Å². The van der Waals surface area contributed by atoms with Crippen LogP contribution in [0.15, 0.2) is 6.07 Å². The first kappa shape index (κ1) is 12.0. The number of hydrogen-bond acceptors (Lipinski definition) is 3. The molecule has 1 rings (SSSR count). The van der Waals surface area contributed by atoms with Crippen molar-refractivity contribution >= 4 is 5.97 Å². The molecule has 16 heavy (non-hydrogen) atoms. The topological polar surface area (TPSA) is 74.0 Å². The van der Waals surface area contributed by atoms with E-state index < -0.39 is 24.4 Å². The lowest BCUT2D eigenvalue weighted by molar-refractivity contribution is -0.136. The number of rotatable bonds is 3. The second-order valence-corrected chi connectivity index (χ2v) is 3.17. The molecule has 0 aromatic carbocycles. The number of aryl methyl sites for hydroxylation is 1. The average Bonchev–Trinajstić information content (AvgIpc) is 2.19. The van der Waals surface area contributed by atoms with Gasteiger partial charge < -0.3 is 5.11 Å². The van der Waals surface area contributed by atoms with Gasteiger partial charge in [0.2, 0.25) is 0 Å². The molecule has 0 unspecified atom stereocenters. The van der Waals surface area contributed by atoms with Crippen molar-refractivity contribution in [3.05, 3.63) is 28.6 Å². The minimum atomic E-state index is -2.80. The van der Waals surface area contributed by atoms with E-state index in [4.69, 9.17) is 10.4 Å². The number of aliphatic carboxylic acids is 1. The second kappa shape index (κ2) is 4.66. The first-order chi connectivity index (χ1) is 7.45. The van der Waals surface area contributed by atoms with Crippen LogP contribution in [0.4, 0.5) is 8.78 Å². The van der Waals surface area contributed by atoms with E-state index in [-0.39, 0.29) is 11.4 Å². The Morgan fingerprint density at radius 3 is 2.75 bits per heavy atom. The highest BCUT2D eigenvalue weighted by molar-refractivity contribution is 5.70. The van der Waals surface area contributed by atoms with Crippen molar-refractivity contribution in [2.45, 2.75) is 19.8 Å². The second-order valence-electron chi connectivity index (χ2n) is 3.17. The van der Waals surface area contributed by atoms with E-state index in [1.54, 1.807) is 6.07 Å². The third kappa shape index (κ3) is 2.51. The zero-order chi connectivity index (χ0) is 12.3. The molecule has 0 aliphatic heterocycles. The molecule has 0 bridgehead atoms. The van der Waals surface area contributed by atoms with Gasteiger partial charge in [0, 0.05) is 5.56 Å². The summed E-state index contributed by atoms with van der Waals surface area (Å²) in [5, 5.41) is 17.2. The summed E-state index contributed by atoms with van der Waals surface area (Å²) in [5.41, 5.74) is -0.406. The highest BCUT2D eigenvalue weighted by Crippen LogP contribution is 2.24. The van der Waals surface area contributed by atoms with Gasteiger partial charge in [0.1, 0.15) is 11.8 Å². The number of carbonyl (C=O) groups is 1. The highest BCUT2D eigenvalue weighted by Gasteiger charge is 2.18. The fourth-order valence-electron chi connectivity index (χ4n) is 1.26. The summed E-state index contributed by atoms with van der Waals surface area (Å²) < 4.78 is 25.2. The van der Waals surface area contributed by atoms with Crippen molar-refractivity contribution in [3.63, 3.8) is 0 Å². The molecule has 0 saturated carbocycles. The molecule has 0 amide bonds. The Bertz CT molecular complexity index is 467. The standard InChI is InChI=1S/C10H8F2N2O2/c1-5-2-6(10(11)12)7(3-9(15)16)14-8(5)4-13/h2,10H,3H2,1H3,(H,15,16). The Labute approximate surface area is 90.2 Å². The zero-order valence-electron chi connectivity index (χ0n) is 8.37. The molecule has 84 valence electrons. The number of carboxylic acids is 1. The van der Waals surface area contributed by atoms with Crippen LogP contribution in [0, 0.1) is 18.3 Å². The number of aromatic nitrogens is 1. The van der Waals surface area contributed by atoms with Gasteiger partial charge in [-0.25, -0.2) is 13.8 Å². The lowest BCUT2D eigenvalue weighted by Crippen LogP contribution is -2.08. The summed E-state index contributed by atoms with van der Waals surface area (Å²) in [6.07, 6.45) is -3.41. The number of nitriles is 1. The third-order valence-corrected chi connectivity index (χ3v) is 1.99. The summed E-state index contributed by atoms with van der Waals surface area (Å²) >= 11 is 0. The lowest BCUT2D eigenvalue weighted by Gasteiger charge is -2.08. The molecule has 1 N–H and O–H groups in total. The van der Waals surface area contributed by atoms with Crippen LogP contribution in [0.25, 0.3) is 0 Å². The largest absolute Gasteiger partial charge is 0.481 e. The van der Waals surface area contributed by atoms with E-state index in [2.05, 4.69) is 4.98 Å². The molecule has 1 aromatic heterocycles. The van der Waals surface area contributed by atoms with Crippen molar-refractivity contribution < 1.29 is 18.7 Å². The molecule has 6 heteroatoms. The Morgan fingerprint density at radius 1 is 1.69 bits per heavy atom. The molecule has 1 heterocycles. The fraction of sp³-hybridized carbons (Fsp3) is 0.300. The van der Waals surface area contributed by atoms with Crippen molar-refractivity contribution in [2.75, 3.05) is 0 Å². The van der Waals surface area contributed by atoms with Crippen molar-refractivity contribution in [3.8, 4) is 6.07 Å². The Morgan fingerprint density at radius 2 is 2.31 bits per heavy atom. The van der Waals surface area contributed by atoms with E-state index in [0.717, 1.165) is 6.07 Å². The van der Waals surface area contributed by atoms with Gasteiger partial charge in [-0.3, -0.25) is 4.79 Å². The number of pyridine rings is 1. The average molecular weight is 226 g/mol. The predicted octanol–water partition coefficient (Wildman–Crippen LogP) is 1.83. The van der Waals surface area contributed by atoms with Crippen LogP contribution in [-0.2, 0) is 11.2 Å². The number of halogens is 2. The molecular formula is C10H8F2N2O2. The Kier molecular flexibility index (Phi) is 3.51. The minimum absolute atomic E-state index is 0.0272. The van der Waals surface area contributed by atoms with Crippen LogP contribution in [0.2, 0.25) is 0 Å². The van der Waals surface area contributed by atoms with Gasteiger partial charge in [0.15, 0.2) is 0 Å². The number of nitrogens with zero attached hydrogens (tertiary/aromatic N) is 2. The summed E-state index contributed by atoms with van der Waals surface area (Å²) in [6.45, 7) is 1.47. The molecule has 4 nitrogen and oxygen atoms in total. The summed E-state index contributed by atoms with van der Waals surface area (Å²) in [4.78, 5) is 14.1. The smallest absolute Gasteiger partial charge is 0.309 e. The molecular weight excluding hydrogens is 218 g/mol. The number of carboxylic acid groups (broad SMARTS) is 1. The first-order valence-electron chi connectivity index (χ1n) is 4.36.